The van der Waals surface area contributed by atoms with Crippen LogP contribution in [0.2, 0.25) is 0 Å². The molecule has 0 radical (unpaired) electrons. The predicted molar refractivity (Wildman–Crippen MR) is 85.9 cm³/mol. The van der Waals surface area contributed by atoms with E-state index in [2.05, 4.69) is 30.1 Å². The number of rotatable bonds is 4. The summed E-state index contributed by atoms with van der Waals surface area (Å²) in [6.45, 7) is 1.87. The van der Waals surface area contributed by atoms with Gasteiger partial charge in [-0.05, 0) is 41.2 Å². The van der Waals surface area contributed by atoms with Crippen LogP contribution in [0.5, 0.6) is 0 Å². The lowest BCUT2D eigenvalue weighted by Gasteiger charge is -2.10. The summed E-state index contributed by atoms with van der Waals surface area (Å²) < 4.78 is 28.8. The number of aryl methyl sites for hydroxylation is 1. The Balaban J connectivity index is 2.66. The van der Waals surface area contributed by atoms with Gasteiger partial charge in [0.25, 0.3) is 10.1 Å². The lowest BCUT2D eigenvalue weighted by atomic mass is 10.1. The maximum Gasteiger partial charge on any atom is 0.297 e. The fraction of sp³-hybridized carbons (Fsp3) is 0.231. The van der Waals surface area contributed by atoms with E-state index < -0.39 is 10.1 Å². The molecule has 0 unspecified atom stereocenters. The summed E-state index contributed by atoms with van der Waals surface area (Å²) in [4.78, 5) is 8.78. The molecule has 0 saturated carbocycles. The van der Waals surface area contributed by atoms with E-state index in [1.165, 1.54) is 17.8 Å². The molecule has 21 heavy (non-hydrogen) atoms. The molecule has 1 heterocycles. The summed E-state index contributed by atoms with van der Waals surface area (Å²) in [6, 6.07) is 6.74. The van der Waals surface area contributed by atoms with Crippen LogP contribution in [0.3, 0.4) is 0 Å². The zero-order chi connectivity index (χ0) is 15.6. The van der Waals surface area contributed by atoms with Gasteiger partial charge in [0, 0.05) is 15.7 Å². The Labute approximate surface area is 136 Å². The van der Waals surface area contributed by atoms with Gasteiger partial charge >= 0.3 is 0 Å². The summed E-state index contributed by atoms with van der Waals surface area (Å²) in [6.07, 6.45) is 1.89. The highest BCUT2D eigenvalue weighted by atomic mass is 79.9. The van der Waals surface area contributed by atoms with E-state index in [9.17, 15) is 8.42 Å². The molecule has 0 aliphatic heterocycles. The summed E-state index contributed by atoms with van der Waals surface area (Å²) in [5, 5.41) is 0.636. The van der Waals surface area contributed by atoms with Gasteiger partial charge in [-0.2, -0.15) is 8.42 Å². The third-order valence-electron chi connectivity index (χ3n) is 2.74. The second kappa shape index (κ2) is 6.43. The monoisotopic (exact) mass is 388 g/mol. The van der Waals surface area contributed by atoms with E-state index in [-0.39, 0.29) is 4.90 Å². The zero-order valence-electron chi connectivity index (χ0n) is 11.6. The molecule has 0 aliphatic rings. The van der Waals surface area contributed by atoms with Crippen molar-refractivity contribution in [3.05, 3.63) is 34.4 Å². The average molecular weight is 389 g/mol. The Hall–Kier alpha value is -0.960. The Morgan fingerprint density at radius 1 is 1.29 bits per heavy atom. The average Bonchev–Trinajstić information content (AvgIpc) is 2.46. The molecule has 0 atom stereocenters. The molecule has 8 heteroatoms. The van der Waals surface area contributed by atoms with Gasteiger partial charge in [-0.15, -0.1) is 0 Å². The molecule has 5 nitrogen and oxygen atoms in total. The first-order chi connectivity index (χ1) is 9.89. The molecule has 2 rings (SSSR count). The molecule has 0 fully saturated rings. The van der Waals surface area contributed by atoms with E-state index in [1.54, 1.807) is 12.1 Å². The lowest BCUT2D eigenvalue weighted by molar-refractivity contribution is 0.397. The fourth-order valence-electron chi connectivity index (χ4n) is 1.76. The van der Waals surface area contributed by atoms with E-state index >= 15 is 0 Å². The minimum absolute atomic E-state index is 0.0736. The predicted octanol–water partition coefficient (Wildman–Crippen LogP) is 3.27. The van der Waals surface area contributed by atoms with Gasteiger partial charge in [0.05, 0.1) is 12.8 Å². The third kappa shape index (κ3) is 3.45. The molecule has 1 aromatic heterocycles. The van der Waals surface area contributed by atoms with Gasteiger partial charge in [-0.25, -0.2) is 9.97 Å². The van der Waals surface area contributed by atoms with Crippen LogP contribution in [0.1, 0.15) is 5.69 Å². The second-order valence-electron chi connectivity index (χ2n) is 4.12. The lowest BCUT2D eigenvalue weighted by Crippen LogP contribution is -2.04. The molecule has 0 N–H and O–H groups in total. The normalized spacial score (nSPS) is 11.6. The summed E-state index contributed by atoms with van der Waals surface area (Å²) in [7, 11) is -2.65. The Morgan fingerprint density at radius 2 is 2.00 bits per heavy atom. The van der Waals surface area contributed by atoms with E-state index in [4.69, 9.17) is 0 Å². The van der Waals surface area contributed by atoms with Gasteiger partial charge in [-0.3, -0.25) is 4.18 Å². The highest BCUT2D eigenvalue weighted by Crippen LogP contribution is 2.33. The third-order valence-corrected chi connectivity index (χ3v) is 5.73. The van der Waals surface area contributed by atoms with Crippen molar-refractivity contribution in [3.63, 3.8) is 0 Å². The number of aromatic nitrogens is 2. The quantitative estimate of drug-likeness (QED) is 0.454. The molecule has 1 aromatic carbocycles. The Morgan fingerprint density at radius 3 is 2.62 bits per heavy atom. The smallest absolute Gasteiger partial charge is 0.270 e. The number of benzene rings is 1. The first-order valence-corrected chi connectivity index (χ1v) is 9.31. The van der Waals surface area contributed by atoms with Crippen molar-refractivity contribution in [3.8, 4) is 11.3 Å². The number of halogens is 1. The number of hydrogen-bond donors (Lipinski definition) is 0. The van der Waals surface area contributed by atoms with Crippen molar-refractivity contribution in [1.29, 1.82) is 0 Å². The van der Waals surface area contributed by atoms with Crippen LogP contribution < -0.4 is 0 Å². The van der Waals surface area contributed by atoms with Crippen LogP contribution in [0.15, 0.2) is 38.8 Å². The van der Waals surface area contributed by atoms with Crippen LogP contribution in [-0.4, -0.2) is 31.8 Å². The van der Waals surface area contributed by atoms with Gasteiger partial charge in [0.2, 0.25) is 0 Å². The first-order valence-electron chi connectivity index (χ1n) is 5.88. The van der Waals surface area contributed by atoms with Crippen LogP contribution >= 0.6 is 27.7 Å². The summed E-state index contributed by atoms with van der Waals surface area (Å²) in [5.74, 6) is 0. The molecular formula is C13H13BrN2O3S2. The van der Waals surface area contributed by atoms with Crippen LogP contribution in [0, 0.1) is 6.92 Å². The van der Waals surface area contributed by atoms with Crippen LogP contribution in [0.25, 0.3) is 11.3 Å². The van der Waals surface area contributed by atoms with Crippen molar-refractivity contribution >= 4 is 37.8 Å². The van der Waals surface area contributed by atoms with Gasteiger partial charge < -0.3 is 0 Å². The first kappa shape index (κ1) is 16.4. The molecule has 2 aromatic rings. The van der Waals surface area contributed by atoms with Crippen molar-refractivity contribution in [2.75, 3.05) is 13.4 Å². The van der Waals surface area contributed by atoms with E-state index in [0.29, 0.717) is 20.9 Å². The molecule has 0 aliphatic carbocycles. The topological polar surface area (TPSA) is 69.2 Å². The molecule has 0 amide bonds. The fourth-order valence-corrected chi connectivity index (χ4v) is 4.00. The van der Waals surface area contributed by atoms with E-state index in [1.807, 2.05) is 19.2 Å². The largest absolute Gasteiger partial charge is 0.297 e. The second-order valence-corrected chi connectivity index (χ2v) is 7.37. The molecule has 112 valence electrons. The molecule has 0 bridgehead atoms. The van der Waals surface area contributed by atoms with Crippen LogP contribution in [0.4, 0.5) is 0 Å². The molecular weight excluding hydrogens is 376 g/mol. The summed E-state index contributed by atoms with van der Waals surface area (Å²) in [5.41, 5.74) is 2.15. The maximum atomic E-state index is 11.9. The highest BCUT2D eigenvalue weighted by Gasteiger charge is 2.20. The van der Waals surface area contributed by atoms with Crippen molar-refractivity contribution in [2.45, 2.75) is 17.0 Å². The minimum Gasteiger partial charge on any atom is -0.270 e. The van der Waals surface area contributed by atoms with Gasteiger partial charge in [0.1, 0.15) is 4.90 Å². The van der Waals surface area contributed by atoms with Crippen LogP contribution in [-0.2, 0) is 14.3 Å². The Bertz CT molecular complexity index is 779. The van der Waals surface area contributed by atoms with Gasteiger partial charge in [-0.1, -0.05) is 23.9 Å². The van der Waals surface area contributed by atoms with Crippen molar-refractivity contribution in [2.24, 2.45) is 0 Å². The summed E-state index contributed by atoms with van der Waals surface area (Å²) >= 11 is 4.77. The minimum atomic E-state index is -3.78. The Kier molecular flexibility index (Phi) is 5.03. The molecule has 0 saturated heterocycles. The number of thioether (sulfide) groups is 1. The van der Waals surface area contributed by atoms with E-state index in [0.717, 1.165) is 12.8 Å². The number of hydrogen-bond acceptors (Lipinski definition) is 6. The standard InChI is InChI=1S/C13H13BrN2O3S2/c1-8-7-10(16-13(15-8)20-3)9-5-4-6-11(12(9)14)21(17,18)19-2/h4-7H,1-3H3. The van der Waals surface area contributed by atoms with Crippen molar-refractivity contribution in [1.82, 2.24) is 9.97 Å². The SMILES string of the molecule is COS(=O)(=O)c1cccc(-c2cc(C)nc(SC)n2)c1Br. The molecule has 0 spiro atoms. The number of nitrogens with zero attached hydrogens (tertiary/aromatic N) is 2. The zero-order valence-corrected chi connectivity index (χ0v) is 14.8. The highest BCUT2D eigenvalue weighted by molar-refractivity contribution is 9.10. The van der Waals surface area contributed by atoms with Crippen molar-refractivity contribution < 1.29 is 12.6 Å². The van der Waals surface area contributed by atoms with Gasteiger partial charge in [0.15, 0.2) is 5.16 Å². The maximum absolute atomic E-state index is 11.9.